The van der Waals surface area contributed by atoms with Crippen molar-refractivity contribution in [2.45, 2.75) is 26.3 Å². The van der Waals surface area contributed by atoms with E-state index in [2.05, 4.69) is 5.32 Å². The molecule has 0 aliphatic carbocycles. The average molecular weight is 237 g/mol. The SMILES string of the molecule is COc1cccc(OCC(=O)NC(C)(C)C)c1. The van der Waals surface area contributed by atoms with Crippen LogP contribution < -0.4 is 14.8 Å². The molecular weight excluding hydrogens is 218 g/mol. The van der Waals surface area contributed by atoms with Gasteiger partial charge in [0, 0.05) is 11.6 Å². The molecule has 0 fully saturated rings. The number of rotatable bonds is 4. The molecule has 0 heterocycles. The summed E-state index contributed by atoms with van der Waals surface area (Å²) < 4.78 is 10.4. The van der Waals surface area contributed by atoms with Crippen molar-refractivity contribution in [3.63, 3.8) is 0 Å². The molecule has 0 saturated heterocycles. The second-order valence-electron chi connectivity index (χ2n) is 4.77. The number of carbonyl (C=O) groups is 1. The van der Waals surface area contributed by atoms with Crippen molar-refractivity contribution in [2.75, 3.05) is 13.7 Å². The number of amides is 1. The lowest BCUT2D eigenvalue weighted by molar-refractivity contribution is -0.124. The van der Waals surface area contributed by atoms with Crippen LogP contribution >= 0.6 is 0 Å². The van der Waals surface area contributed by atoms with Gasteiger partial charge >= 0.3 is 0 Å². The summed E-state index contributed by atoms with van der Waals surface area (Å²) in [6.07, 6.45) is 0. The summed E-state index contributed by atoms with van der Waals surface area (Å²) in [7, 11) is 1.59. The Morgan fingerprint density at radius 3 is 2.53 bits per heavy atom. The van der Waals surface area contributed by atoms with Crippen molar-refractivity contribution >= 4 is 5.91 Å². The van der Waals surface area contributed by atoms with Crippen LogP contribution in [0.15, 0.2) is 24.3 Å². The highest BCUT2D eigenvalue weighted by molar-refractivity contribution is 5.78. The third-order valence-electron chi connectivity index (χ3n) is 1.93. The third-order valence-corrected chi connectivity index (χ3v) is 1.93. The monoisotopic (exact) mass is 237 g/mol. The Hall–Kier alpha value is -1.71. The van der Waals surface area contributed by atoms with Crippen molar-refractivity contribution in [3.8, 4) is 11.5 Å². The molecule has 0 spiro atoms. The van der Waals surface area contributed by atoms with Crippen LogP contribution in [0.5, 0.6) is 11.5 Å². The highest BCUT2D eigenvalue weighted by Gasteiger charge is 2.13. The van der Waals surface area contributed by atoms with E-state index in [1.54, 1.807) is 19.2 Å². The first kappa shape index (κ1) is 13.4. The first-order valence-corrected chi connectivity index (χ1v) is 5.48. The van der Waals surface area contributed by atoms with Crippen LogP contribution in [0, 0.1) is 0 Å². The van der Waals surface area contributed by atoms with E-state index in [4.69, 9.17) is 9.47 Å². The molecule has 1 amide bonds. The fraction of sp³-hybridized carbons (Fsp3) is 0.462. The van der Waals surface area contributed by atoms with Crippen molar-refractivity contribution in [1.82, 2.24) is 5.32 Å². The molecule has 0 aromatic heterocycles. The molecule has 0 radical (unpaired) electrons. The first-order valence-electron chi connectivity index (χ1n) is 5.48. The van der Waals surface area contributed by atoms with Gasteiger partial charge in [0.2, 0.25) is 0 Å². The van der Waals surface area contributed by atoms with Gasteiger partial charge in [0.05, 0.1) is 7.11 Å². The maximum Gasteiger partial charge on any atom is 0.258 e. The Balaban J connectivity index is 2.47. The van der Waals surface area contributed by atoms with Gasteiger partial charge in [-0.15, -0.1) is 0 Å². The van der Waals surface area contributed by atoms with Gasteiger partial charge in [-0.2, -0.15) is 0 Å². The summed E-state index contributed by atoms with van der Waals surface area (Å²) >= 11 is 0. The largest absolute Gasteiger partial charge is 0.497 e. The van der Waals surface area contributed by atoms with Crippen LogP contribution in [0.2, 0.25) is 0 Å². The summed E-state index contributed by atoms with van der Waals surface area (Å²) in [4.78, 5) is 11.5. The molecule has 94 valence electrons. The van der Waals surface area contributed by atoms with Crippen LogP contribution in [-0.2, 0) is 4.79 Å². The van der Waals surface area contributed by atoms with Crippen LogP contribution in [0.25, 0.3) is 0 Å². The van der Waals surface area contributed by atoms with Crippen LogP contribution in [-0.4, -0.2) is 25.2 Å². The van der Waals surface area contributed by atoms with E-state index >= 15 is 0 Å². The van der Waals surface area contributed by atoms with E-state index < -0.39 is 0 Å². The Labute approximate surface area is 102 Å². The number of benzene rings is 1. The zero-order valence-corrected chi connectivity index (χ0v) is 10.7. The Bertz CT molecular complexity index is 382. The smallest absolute Gasteiger partial charge is 0.258 e. The highest BCUT2D eigenvalue weighted by Crippen LogP contribution is 2.18. The minimum atomic E-state index is -0.241. The van der Waals surface area contributed by atoms with Gasteiger partial charge in [0.25, 0.3) is 5.91 Å². The summed E-state index contributed by atoms with van der Waals surface area (Å²) in [5.74, 6) is 1.19. The third kappa shape index (κ3) is 5.24. The molecule has 0 saturated carbocycles. The lowest BCUT2D eigenvalue weighted by Gasteiger charge is -2.20. The van der Waals surface area contributed by atoms with Gasteiger partial charge in [0.1, 0.15) is 11.5 Å². The van der Waals surface area contributed by atoms with E-state index in [1.807, 2.05) is 32.9 Å². The predicted octanol–water partition coefficient (Wildman–Crippen LogP) is 1.99. The van der Waals surface area contributed by atoms with E-state index in [0.29, 0.717) is 11.5 Å². The van der Waals surface area contributed by atoms with Gasteiger partial charge < -0.3 is 14.8 Å². The van der Waals surface area contributed by atoms with Crippen LogP contribution in [0.1, 0.15) is 20.8 Å². The fourth-order valence-corrected chi connectivity index (χ4v) is 1.29. The van der Waals surface area contributed by atoms with Gasteiger partial charge in [-0.25, -0.2) is 0 Å². The van der Waals surface area contributed by atoms with Gasteiger partial charge in [-0.05, 0) is 32.9 Å². The van der Waals surface area contributed by atoms with Gasteiger partial charge in [-0.3, -0.25) is 4.79 Å². The molecule has 4 heteroatoms. The average Bonchev–Trinajstić information content (AvgIpc) is 2.24. The van der Waals surface area contributed by atoms with E-state index in [0.717, 1.165) is 0 Å². The molecule has 1 aromatic carbocycles. The second kappa shape index (κ2) is 5.57. The zero-order chi connectivity index (χ0) is 12.9. The number of hydrogen-bond acceptors (Lipinski definition) is 3. The quantitative estimate of drug-likeness (QED) is 0.871. The molecule has 0 aliphatic heterocycles. The van der Waals surface area contributed by atoms with Gasteiger partial charge in [-0.1, -0.05) is 6.07 Å². The summed E-state index contributed by atoms with van der Waals surface area (Å²) in [5.41, 5.74) is -0.241. The molecule has 0 bridgehead atoms. The van der Waals surface area contributed by atoms with Gasteiger partial charge in [0.15, 0.2) is 6.61 Å². The number of methoxy groups -OCH3 is 1. The standard InChI is InChI=1S/C13H19NO3/c1-13(2,3)14-12(15)9-17-11-7-5-6-10(8-11)16-4/h5-8H,9H2,1-4H3,(H,14,15). The molecule has 1 aromatic rings. The zero-order valence-electron chi connectivity index (χ0n) is 10.7. The van der Waals surface area contributed by atoms with Crippen molar-refractivity contribution < 1.29 is 14.3 Å². The maximum absolute atomic E-state index is 11.5. The number of hydrogen-bond donors (Lipinski definition) is 1. The van der Waals surface area contributed by atoms with E-state index in [-0.39, 0.29) is 18.1 Å². The van der Waals surface area contributed by atoms with Crippen molar-refractivity contribution in [1.29, 1.82) is 0 Å². The lowest BCUT2D eigenvalue weighted by Crippen LogP contribution is -2.43. The first-order chi connectivity index (χ1) is 7.90. The minimum Gasteiger partial charge on any atom is -0.497 e. The molecule has 17 heavy (non-hydrogen) atoms. The van der Waals surface area contributed by atoms with Crippen molar-refractivity contribution in [2.24, 2.45) is 0 Å². The number of nitrogens with one attached hydrogen (secondary N) is 1. The normalized spacial score (nSPS) is 10.8. The van der Waals surface area contributed by atoms with Crippen LogP contribution in [0.3, 0.4) is 0 Å². The summed E-state index contributed by atoms with van der Waals surface area (Å²) in [6.45, 7) is 5.79. The minimum absolute atomic E-state index is 0.00440. The topological polar surface area (TPSA) is 47.6 Å². The number of carbonyl (C=O) groups excluding carboxylic acids is 1. The fourth-order valence-electron chi connectivity index (χ4n) is 1.29. The van der Waals surface area contributed by atoms with Crippen molar-refractivity contribution in [3.05, 3.63) is 24.3 Å². The molecule has 1 rings (SSSR count). The molecule has 0 atom stereocenters. The maximum atomic E-state index is 11.5. The highest BCUT2D eigenvalue weighted by atomic mass is 16.5. The van der Waals surface area contributed by atoms with E-state index in [1.165, 1.54) is 0 Å². The molecule has 0 unspecified atom stereocenters. The van der Waals surface area contributed by atoms with Crippen LogP contribution in [0.4, 0.5) is 0 Å². The molecule has 1 N–H and O–H groups in total. The molecule has 0 aliphatic rings. The Kier molecular flexibility index (Phi) is 4.37. The molecule has 4 nitrogen and oxygen atoms in total. The Morgan fingerprint density at radius 2 is 1.94 bits per heavy atom. The number of ether oxygens (including phenoxy) is 2. The lowest BCUT2D eigenvalue weighted by atomic mass is 10.1. The summed E-state index contributed by atoms with van der Waals surface area (Å²) in [6, 6.07) is 7.16. The van der Waals surface area contributed by atoms with E-state index in [9.17, 15) is 4.79 Å². The summed E-state index contributed by atoms with van der Waals surface area (Å²) in [5, 5.41) is 2.82. The Morgan fingerprint density at radius 1 is 1.29 bits per heavy atom. The molecular formula is C13H19NO3. The second-order valence-corrected chi connectivity index (χ2v) is 4.77. The predicted molar refractivity (Wildman–Crippen MR) is 66.4 cm³/mol.